The van der Waals surface area contributed by atoms with Crippen molar-refractivity contribution in [3.05, 3.63) is 279 Å². The Balaban J connectivity index is 0.000000131. The van der Waals surface area contributed by atoms with Crippen LogP contribution in [-0.4, -0.2) is 113 Å². The highest BCUT2D eigenvalue weighted by molar-refractivity contribution is 7.23. The van der Waals surface area contributed by atoms with Crippen LogP contribution in [-0.2, 0) is 45.7 Å². The molecule has 0 radical (unpaired) electrons. The number of rotatable bonds is 18. The molecule has 1 aliphatic rings. The van der Waals surface area contributed by atoms with E-state index in [4.69, 9.17) is 39.1 Å². The van der Waals surface area contributed by atoms with Gasteiger partial charge in [0.2, 0.25) is 0 Å². The number of fused-ring (bicyclic) bond motifs is 7. The average Bonchev–Trinajstić information content (AvgIpc) is 1.66. The maximum Gasteiger partial charge on any atom is 0.263 e. The second-order valence-corrected chi connectivity index (χ2v) is 39.0. The van der Waals surface area contributed by atoms with Crippen LogP contribution in [0, 0.1) is 96.9 Å². The summed E-state index contributed by atoms with van der Waals surface area (Å²) in [5.74, 6) is -0.186. The van der Waals surface area contributed by atoms with Crippen LogP contribution in [0.2, 0.25) is 0 Å². The molecule has 18 N–H and O–H groups in total. The van der Waals surface area contributed by atoms with Crippen LogP contribution >= 0.6 is 79.4 Å². The number of pyridine rings is 2. The summed E-state index contributed by atoms with van der Waals surface area (Å²) >= 11 is 9.26. The van der Waals surface area contributed by atoms with Crippen molar-refractivity contribution in [2.45, 2.75) is 143 Å². The number of hydrogen-bond donors (Lipinski definition) is 12. The Labute approximate surface area is 809 Å². The largest absolute Gasteiger partial charge is 0.493 e. The van der Waals surface area contributed by atoms with Crippen molar-refractivity contribution in [1.29, 1.82) is 0 Å². The number of ether oxygens (including phenoxy) is 1. The number of nitrogens with zero attached hydrogens (tertiary/aromatic N) is 14. The molecule has 0 fully saturated rings. The minimum atomic E-state index is -0.219. The number of aromatic nitrogens is 14. The molecule has 696 valence electrons. The minimum absolute atomic E-state index is 0.166. The van der Waals surface area contributed by atoms with E-state index >= 15 is 0 Å². The van der Waals surface area contributed by atoms with Crippen molar-refractivity contribution in [2.24, 2.45) is 0 Å². The monoisotopic (exact) mass is 1950 g/mol. The third-order valence-corrected chi connectivity index (χ3v) is 30.1. The zero-order valence-electron chi connectivity index (χ0n) is 76.8. The minimum Gasteiger partial charge on any atom is -0.493 e. The maximum atomic E-state index is 12.6. The van der Waals surface area contributed by atoms with Crippen molar-refractivity contribution in [2.75, 3.05) is 41.0 Å². The van der Waals surface area contributed by atoms with E-state index in [2.05, 4.69) is 109 Å². The number of nitrogen functional groups attached to an aromatic ring is 6. The van der Waals surface area contributed by atoms with E-state index in [9.17, 15) is 28.8 Å². The summed E-state index contributed by atoms with van der Waals surface area (Å²) < 4.78 is 5.50. The quantitative estimate of drug-likeness (QED) is 0.0379. The zero-order valence-corrected chi connectivity index (χ0v) is 82.5. The van der Waals surface area contributed by atoms with E-state index in [-0.39, 0.29) is 35.4 Å². The predicted molar refractivity (Wildman–Crippen MR) is 546 cm³/mol. The fourth-order valence-electron chi connectivity index (χ4n) is 14.4. The lowest BCUT2D eigenvalue weighted by atomic mass is 10.1. The molecule has 0 bridgehead atoms. The van der Waals surface area contributed by atoms with E-state index in [1.165, 1.54) is 79.1 Å². The molecular formula is C96H98N26O7S7. The number of benzene rings is 3. The predicted octanol–water partition coefficient (Wildman–Crippen LogP) is 16.3. The Kier molecular flexibility index (Phi) is 30.9. The van der Waals surface area contributed by atoms with Gasteiger partial charge >= 0.3 is 0 Å². The maximum absolute atomic E-state index is 12.6. The number of hydrogen-bond acceptors (Lipinski definition) is 34. The molecule has 0 unspecified atom stereocenters. The first-order chi connectivity index (χ1) is 65.2. The highest BCUT2D eigenvalue weighted by Gasteiger charge is 2.28. The molecule has 0 saturated carbocycles. The van der Waals surface area contributed by atoms with Gasteiger partial charge in [0.05, 0.1) is 93.7 Å². The third kappa shape index (κ3) is 22.0. The molecule has 0 spiro atoms. The first-order valence-corrected chi connectivity index (χ1v) is 48.5. The second-order valence-electron chi connectivity index (χ2n) is 31.9. The molecule has 33 nitrogen and oxygen atoms in total. The number of thiophene rings is 7. The first-order valence-electron chi connectivity index (χ1n) is 42.7. The molecule has 18 aromatic rings. The van der Waals surface area contributed by atoms with E-state index in [0.717, 1.165) is 157 Å². The average molecular weight is 1950 g/mol. The van der Waals surface area contributed by atoms with E-state index in [1.54, 1.807) is 23.7 Å². The molecule has 1 aliphatic heterocycles. The summed E-state index contributed by atoms with van der Waals surface area (Å²) in [6, 6.07) is 37.1. The summed E-state index contributed by atoms with van der Waals surface area (Å²) in [5.41, 5.74) is 58.9. The van der Waals surface area contributed by atoms with Crippen LogP contribution in [0.15, 0.2) is 133 Å². The second kappa shape index (κ2) is 43.1. The topological polar surface area (TPSA) is 520 Å². The van der Waals surface area contributed by atoms with Gasteiger partial charge in [0.25, 0.3) is 35.4 Å². The number of amides is 6. The number of carbonyl (C=O) groups is 6. The van der Waals surface area contributed by atoms with Crippen LogP contribution in [0.5, 0.6) is 5.75 Å². The van der Waals surface area contributed by atoms with Crippen LogP contribution in [0.4, 0.5) is 34.1 Å². The Morgan fingerprint density at radius 3 is 1.00 bits per heavy atom. The Morgan fingerprint density at radius 2 is 0.654 bits per heavy atom. The lowest BCUT2D eigenvalue weighted by molar-refractivity contribution is 0.0947. The van der Waals surface area contributed by atoms with Gasteiger partial charge in [-0.15, -0.1) is 110 Å². The number of nitrogens with two attached hydrogens (primary N) is 6. The van der Waals surface area contributed by atoms with Gasteiger partial charge in [-0.25, -0.2) is 0 Å². The van der Waals surface area contributed by atoms with Gasteiger partial charge < -0.3 is 71.0 Å². The molecule has 19 rings (SSSR count). The number of anilines is 6. The number of carbonyl (C=O) groups excluding carboxylic acids is 6. The Morgan fingerprint density at radius 1 is 0.316 bits per heavy atom. The van der Waals surface area contributed by atoms with Crippen LogP contribution in [0.25, 0.3) is 61.3 Å². The van der Waals surface area contributed by atoms with Crippen molar-refractivity contribution in [3.63, 3.8) is 0 Å². The molecule has 16 heterocycles. The molecule has 0 atom stereocenters. The summed E-state index contributed by atoms with van der Waals surface area (Å²) in [4.78, 5) is 91.0. The van der Waals surface area contributed by atoms with Crippen molar-refractivity contribution < 1.29 is 33.5 Å². The van der Waals surface area contributed by atoms with E-state index < -0.39 is 0 Å². The molecule has 15 aromatic heterocycles. The normalized spacial score (nSPS) is 11.2. The van der Waals surface area contributed by atoms with Crippen molar-refractivity contribution >= 4 is 210 Å². The van der Waals surface area contributed by atoms with Crippen LogP contribution in [0.3, 0.4) is 0 Å². The lowest BCUT2D eigenvalue weighted by Gasteiger charge is -2.06. The lowest BCUT2D eigenvalue weighted by Crippen LogP contribution is -2.23. The molecular weight excluding hydrogens is 1850 g/mol. The van der Waals surface area contributed by atoms with Gasteiger partial charge in [0.15, 0.2) is 0 Å². The third-order valence-electron chi connectivity index (χ3n) is 22.7. The first kappa shape index (κ1) is 97.3. The Hall–Kier alpha value is -14.7. The van der Waals surface area contributed by atoms with Gasteiger partial charge in [-0.1, -0.05) is 84.4 Å². The van der Waals surface area contributed by atoms with E-state index in [1.807, 2.05) is 212 Å². The SMILES string of the molecule is Cc1cc(CNC(=O)c2sc3nnc(C)c(C)c3c2N)ccn1.Cc1cccc(CNC(=O)c2sc3nnc(C)c(C)c3c2N)c1.Cc1nnc2sc(C(=O)NCc3ccc4c(c3)CCO4)c(N)c2c1C.Cc1nnc2sc(C(=O)NCc3ccccc3)c(N)c2c1C.Cc1nnc2sc(C(=O)NCc3ccccn3)c(N)c2c1C.Cc1nnc2sc(C(=O)NCc3cccs3)c(N)c2c1C. The summed E-state index contributed by atoms with van der Waals surface area (Å²) in [6.45, 7) is 30.3. The van der Waals surface area contributed by atoms with Crippen LogP contribution in [0.1, 0.15) is 175 Å². The van der Waals surface area contributed by atoms with Gasteiger partial charge in [-0.2, -0.15) is 30.6 Å². The Bertz CT molecular complexity index is 7290. The van der Waals surface area contributed by atoms with Crippen LogP contribution < -0.4 is 71.0 Å². The highest BCUT2D eigenvalue weighted by Crippen LogP contribution is 2.41. The number of nitrogens with one attached hydrogen (secondary N) is 6. The van der Waals surface area contributed by atoms with Gasteiger partial charge in [0, 0.05) is 87.9 Å². The molecule has 136 heavy (non-hydrogen) atoms. The van der Waals surface area contributed by atoms with Gasteiger partial charge in [-0.3, -0.25) is 38.7 Å². The van der Waals surface area contributed by atoms with Crippen molar-refractivity contribution in [3.8, 4) is 5.75 Å². The standard InChI is InChI=1S/C18H18N4O2S.C17H18N4OS.C16H17N5OS.C16H16N4OS.C15H15N5OS.C14H14N4OS2/c1-9-10(2)21-22-18-14(9)15(19)16(25-18)17(23)20-8-11-3-4-13-12(7-11)5-6-24-13;1-9-5-4-6-12(7-9)8-19-16(22)15-14(18)13-10(2)11(3)20-21-17(13)23-15;1-8-6-11(4-5-18-8)7-19-15(22)14-13(17)12-9(2)10(3)20-21-16(12)23-14;1-9-10(2)19-20-16-12(9)13(17)14(22-16)15(21)18-8-11-6-4-3-5-7-11;1-8-9(2)19-20-15-11(8)12(16)13(22-15)14(21)18-7-10-5-3-4-6-17-10;1-7-8(2)17-18-14-10(7)11(15)12(21-14)13(19)16-6-9-4-3-5-20-9/h3-4,7H,5-6,8,19H2,1-2H3,(H,20,23);4-7H,8,18H2,1-3H3,(H,19,22);4-6H,7,17H2,1-3H3,(H,19,22);3-7H,8,17H2,1-2H3,(H,18,21);3-6H,7,16H2,1-2H3,(H,18,21);3-5H,6,15H2,1-2H3,(H,16,19). The molecule has 0 aliphatic carbocycles. The number of aryl methyl sites for hydroxylation is 14. The molecule has 6 amide bonds. The highest BCUT2D eigenvalue weighted by atomic mass is 32.1. The fraction of sp³-hybridized carbons (Fsp3) is 0.229. The van der Waals surface area contributed by atoms with Gasteiger partial charge in [0.1, 0.15) is 64.0 Å². The fourth-order valence-corrected chi connectivity index (χ4v) is 21.1. The summed E-state index contributed by atoms with van der Waals surface area (Å²) in [6.07, 6.45) is 4.33. The van der Waals surface area contributed by atoms with E-state index in [0.29, 0.717) is 132 Å². The summed E-state index contributed by atoms with van der Waals surface area (Å²) in [5, 5.41) is 73.7. The smallest absolute Gasteiger partial charge is 0.263 e. The molecule has 40 heteroatoms. The molecule has 0 saturated heterocycles. The zero-order chi connectivity index (χ0) is 97.0. The van der Waals surface area contributed by atoms with Crippen molar-refractivity contribution in [1.82, 2.24) is 103 Å². The summed E-state index contributed by atoms with van der Waals surface area (Å²) in [7, 11) is 0. The van der Waals surface area contributed by atoms with Gasteiger partial charge in [-0.05, 0) is 200 Å². The molecule has 3 aromatic carbocycles.